The van der Waals surface area contributed by atoms with E-state index in [4.69, 9.17) is 5.73 Å². The molecule has 0 spiro atoms. The van der Waals surface area contributed by atoms with Crippen molar-refractivity contribution in [3.63, 3.8) is 0 Å². The van der Waals surface area contributed by atoms with Crippen LogP contribution in [0.5, 0.6) is 0 Å². The van der Waals surface area contributed by atoms with Crippen molar-refractivity contribution in [3.05, 3.63) is 72.3 Å². The van der Waals surface area contributed by atoms with Gasteiger partial charge in [-0.1, -0.05) is 60.7 Å². The zero-order valence-electron chi connectivity index (χ0n) is 13.3. The van der Waals surface area contributed by atoms with E-state index in [-0.39, 0.29) is 10.7 Å². The van der Waals surface area contributed by atoms with E-state index in [1.807, 2.05) is 42.5 Å². The Morgan fingerprint density at radius 3 is 2.25 bits per heavy atom. The Balaban J connectivity index is 1.95. The Hall–Kier alpha value is -2.40. The highest BCUT2D eigenvalue weighted by molar-refractivity contribution is 7.93. The first-order valence-corrected chi connectivity index (χ1v) is 9.36. The second-order valence-corrected chi connectivity index (χ2v) is 8.10. The summed E-state index contributed by atoms with van der Waals surface area (Å²) in [6.45, 7) is 0.442. The lowest BCUT2D eigenvalue weighted by molar-refractivity contribution is 0.557. The average molecular weight is 340 g/mol. The Morgan fingerprint density at radius 1 is 1.04 bits per heavy atom. The molecule has 2 aromatic rings. The van der Waals surface area contributed by atoms with Crippen LogP contribution in [0.2, 0.25) is 0 Å². The standard InChI is InChI=1S/C19H20N2O2S/c20-18-19(14-15-21-18,13-7-10-16-8-3-1-4-9-16)24(22,23)17-11-5-2-6-12-17/h1-12H,13-15H2,(H2,20,21)/b10-7+. The van der Waals surface area contributed by atoms with Crippen molar-refractivity contribution in [1.82, 2.24) is 0 Å². The van der Waals surface area contributed by atoms with E-state index in [1.165, 1.54) is 0 Å². The van der Waals surface area contributed by atoms with Gasteiger partial charge >= 0.3 is 0 Å². The highest BCUT2D eigenvalue weighted by Crippen LogP contribution is 2.36. The summed E-state index contributed by atoms with van der Waals surface area (Å²) < 4.78 is 25.3. The molecule has 1 atom stereocenters. The van der Waals surface area contributed by atoms with Crippen LogP contribution in [0.4, 0.5) is 0 Å². The van der Waals surface area contributed by atoms with E-state index >= 15 is 0 Å². The van der Waals surface area contributed by atoms with Gasteiger partial charge in [-0.2, -0.15) is 0 Å². The van der Waals surface area contributed by atoms with Gasteiger partial charge in [-0.15, -0.1) is 0 Å². The minimum Gasteiger partial charge on any atom is -0.386 e. The van der Waals surface area contributed by atoms with Gasteiger partial charge in [0.05, 0.1) is 4.90 Å². The molecular weight excluding hydrogens is 320 g/mol. The first kappa shape index (κ1) is 16.5. The zero-order chi connectivity index (χ0) is 17.0. The number of hydrogen-bond donors (Lipinski definition) is 1. The molecule has 2 aromatic carbocycles. The van der Waals surface area contributed by atoms with Crippen molar-refractivity contribution < 1.29 is 8.42 Å². The third kappa shape index (κ3) is 2.87. The number of allylic oxidation sites excluding steroid dienone is 1. The summed E-state index contributed by atoms with van der Waals surface area (Å²) in [5, 5.41) is 0. The first-order valence-electron chi connectivity index (χ1n) is 7.88. The molecule has 1 heterocycles. The van der Waals surface area contributed by atoms with Gasteiger partial charge in [0.15, 0.2) is 9.84 Å². The zero-order valence-corrected chi connectivity index (χ0v) is 14.1. The molecule has 0 fully saturated rings. The quantitative estimate of drug-likeness (QED) is 0.909. The molecular formula is C19H20N2O2S. The normalized spacial score (nSPS) is 21.1. The van der Waals surface area contributed by atoms with Crippen molar-refractivity contribution in [3.8, 4) is 0 Å². The third-order valence-electron chi connectivity index (χ3n) is 4.39. The Bertz CT molecular complexity index is 859. The Kier molecular flexibility index (Phi) is 4.53. The van der Waals surface area contributed by atoms with Gasteiger partial charge in [0.25, 0.3) is 0 Å². The third-order valence-corrected chi connectivity index (χ3v) is 6.89. The van der Waals surface area contributed by atoms with Crippen LogP contribution in [-0.2, 0) is 9.84 Å². The van der Waals surface area contributed by atoms with E-state index in [2.05, 4.69) is 4.99 Å². The van der Waals surface area contributed by atoms with Gasteiger partial charge < -0.3 is 5.73 Å². The van der Waals surface area contributed by atoms with Gasteiger partial charge in [-0.05, 0) is 30.5 Å². The molecule has 3 rings (SSSR count). The molecule has 0 bridgehead atoms. The molecule has 5 heteroatoms. The number of rotatable bonds is 5. The summed E-state index contributed by atoms with van der Waals surface area (Å²) in [6.07, 6.45) is 4.53. The average Bonchev–Trinajstić information content (AvgIpc) is 2.99. The molecule has 4 nitrogen and oxygen atoms in total. The molecule has 124 valence electrons. The second-order valence-electron chi connectivity index (χ2n) is 5.84. The van der Waals surface area contributed by atoms with E-state index in [9.17, 15) is 8.42 Å². The van der Waals surface area contributed by atoms with E-state index in [0.717, 1.165) is 5.56 Å². The maximum absolute atomic E-state index is 13.2. The fourth-order valence-corrected chi connectivity index (χ4v) is 4.97. The summed E-state index contributed by atoms with van der Waals surface area (Å²) in [4.78, 5) is 4.48. The van der Waals surface area contributed by atoms with Crippen molar-refractivity contribution in [1.29, 1.82) is 0 Å². The molecule has 1 aliphatic rings. The summed E-state index contributed by atoms with van der Waals surface area (Å²) >= 11 is 0. The van der Waals surface area contributed by atoms with E-state index in [0.29, 0.717) is 19.4 Å². The molecule has 0 aromatic heterocycles. The Morgan fingerprint density at radius 2 is 1.67 bits per heavy atom. The maximum atomic E-state index is 13.2. The highest BCUT2D eigenvalue weighted by atomic mass is 32.2. The molecule has 1 unspecified atom stereocenters. The fourth-order valence-electron chi connectivity index (χ4n) is 2.99. The number of aliphatic imine (C=N–C) groups is 1. The van der Waals surface area contributed by atoms with Crippen molar-refractivity contribution >= 4 is 21.7 Å². The van der Waals surface area contributed by atoms with Crippen LogP contribution in [0.25, 0.3) is 6.08 Å². The van der Waals surface area contributed by atoms with E-state index in [1.54, 1.807) is 30.3 Å². The van der Waals surface area contributed by atoms with Gasteiger partial charge in [-0.3, -0.25) is 4.99 Å². The lowest BCUT2D eigenvalue weighted by Crippen LogP contribution is -2.47. The minimum absolute atomic E-state index is 0.212. The number of nitrogens with zero attached hydrogens (tertiary/aromatic N) is 1. The van der Waals surface area contributed by atoms with Crippen molar-refractivity contribution in [2.45, 2.75) is 22.5 Å². The van der Waals surface area contributed by atoms with Gasteiger partial charge in [0.2, 0.25) is 0 Å². The molecule has 0 amide bonds. The summed E-state index contributed by atoms with van der Waals surface area (Å²) in [5.74, 6) is 0.212. The molecule has 2 N–H and O–H groups in total. The van der Waals surface area contributed by atoms with Crippen LogP contribution in [0, 0.1) is 0 Å². The van der Waals surface area contributed by atoms with Crippen LogP contribution in [-0.4, -0.2) is 25.5 Å². The molecule has 0 saturated carbocycles. The highest BCUT2D eigenvalue weighted by Gasteiger charge is 2.49. The largest absolute Gasteiger partial charge is 0.386 e. The topological polar surface area (TPSA) is 72.5 Å². The molecule has 24 heavy (non-hydrogen) atoms. The van der Waals surface area contributed by atoms with Crippen LogP contribution in [0.1, 0.15) is 18.4 Å². The smallest absolute Gasteiger partial charge is 0.191 e. The van der Waals surface area contributed by atoms with Crippen LogP contribution in [0.15, 0.2) is 76.6 Å². The molecule has 0 radical (unpaired) electrons. The van der Waals surface area contributed by atoms with Crippen molar-refractivity contribution in [2.24, 2.45) is 10.7 Å². The Labute approximate surface area is 142 Å². The van der Waals surface area contributed by atoms with Gasteiger partial charge in [0.1, 0.15) is 10.6 Å². The van der Waals surface area contributed by atoms with Crippen LogP contribution in [0.3, 0.4) is 0 Å². The number of amidine groups is 1. The molecule has 0 aliphatic carbocycles. The summed E-state index contributed by atoms with van der Waals surface area (Å²) in [5.41, 5.74) is 7.08. The van der Waals surface area contributed by atoms with Gasteiger partial charge in [-0.25, -0.2) is 8.42 Å². The van der Waals surface area contributed by atoms with Crippen LogP contribution < -0.4 is 5.73 Å². The predicted octanol–water partition coefficient (Wildman–Crippen LogP) is 3.06. The number of benzene rings is 2. The second kappa shape index (κ2) is 6.61. The fraction of sp³-hybridized carbons (Fsp3) is 0.211. The lowest BCUT2D eigenvalue weighted by atomic mass is 10.0. The number of sulfone groups is 1. The van der Waals surface area contributed by atoms with Crippen LogP contribution >= 0.6 is 0 Å². The SMILES string of the molecule is NC1=NCCC1(C/C=C/c1ccccc1)S(=O)(=O)c1ccccc1. The van der Waals surface area contributed by atoms with Gasteiger partial charge in [0, 0.05) is 6.54 Å². The molecule has 0 saturated heterocycles. The van der Waals surface area contributed by atoms with Crippen molar-refractivity contribution in [2.75, 3.05) is 6.54 Å². The monoisotopic (exact) mass is 340 g/mol. The predicted molar refractivity (Wildman–Crippen MR) is 97.6 cm³/mol. The summed E-state index contributed by atoms with van der Waals surface area (Å²) in [7, 11) is -3.61. The molecule has 1 aliphatic heterocycles. The lowest BCUT2D eigenvalue weighted by Gasteiger charge is -2.27. The maximum Gasteiger partial charge on any atom is 0.191 e. The number of hydrogen-bond acceptors (Lipinski definition) is 4. The number of nitrogens with two attached hydrogens (primary N) is 1. The summed E-state index contributed by atoms with van der Waals surface area (Å²) in [6, 6.07) is 18.3. The minimum atomic E-state index is -3.61. The first-order chi connectivity index (χ1) is 11.6. The van der Waals surface area contributed by atoms with E-state index < -0.39 is 14.6 Å².